The Labute approximate surface area is 232 Å². The molecule has 2 rings (SSSR count). The number of hydrogen-bond donors (Lipinski definition) is 1. The molecule has 2 nitrogen and oxygen atoms in total. The Balaban J connectivity index is 0.00000100. The molecule has 1 N–H and O–H groups in total. The molecule has 37 heavy (non-hydrogen) atoms. The van der Waals surface area contributed by atoms with Crippen LogP contribution in [0.15, 0.2) is 40.2 Å². The summed E-state index contributed by atoms with van der Waals surface area (Å²) in [5.74, 6) is 0.955. The maximum Gasteiger partial charge on any atom is 0.446 e. The molecular formula is C30H46ClF3N2S. The molecule has 1 heterocycles. The third kappa shape index (κ3) is 13.6. The van der Waals surface area contributed by atoms with E-state index >= 15 is 0 Å². The number of thioether (sulfide) groups is 1. The maximum atomic E-state index is 12.5. The SMILES string of the molecule is CC/C(C)=c1\cc(-c2ccc(SC(F)(F)F)cc2)[nH]\c1=C(/C)N=C(C)C.CCCCCCC(C)CC.Cl. The van der Waals surface area contributed by atoms with Gasteiger partial charge in [-0.25, -0.2) is 0 Å². The normalized spacial score (nSPS) is 13.6. The van der Waals surface area contributed by atoms with Crippen molar-refractivity contribution in [1.82, 2.24) is 4.98 Å². The monoisotopic (exact) mass is 558 g/mol. The second-order valence-corrected chi connectivity index (χ2v) is 10.8. The third-order valence-corrected chi connectivity index (χ3v) is 6.95. The molecule has 0 saturated carbocycles. The molecule has 210 valence electrons. The number of rotatable bonds is 10. The van der Waals surface area contributed by atoms with E-state index in [1.54, 1.807) is 12.1 Å². The van der Waals surface area contributed by atoms with Crippen LogP contribution in [0, 0.1) is 5.92 Å². The van der Waals surface area contributed by atoms with E-state index in [1.165, 1.54) is 56.2 Å². The number of aliphatic imine (C=N–C) groups is 1. The lowest BCUT2D eigenvalue weighted by molar-refractivity contribution is -0.0328. The van der Waals surface area contributed by atoms with Gasteiger partial charge in [0.05, 0.1) is 11.0 Å². The quantitative estimate of drug-likeness (QED) is 0.175. The summed E-state index contributed by atoms with van der Waals surface area (Å²) in [6.07, 6.45) is 9.39. The first-order valence-corrected chi connectivity index (χ1v) is 14.0. The van der Waals surface area contributed by atoms with Gasteiger partial charge in [-0.05, 0) is 75.6 Å². The highest BCUT2D eigenvalue weighted by molar-refractivity contribution is 8.00. The van der Waals surface area contributed by atoms with Crippen LogP contribution in [-0.2, 0) is 0 Å². The summed E-state index contributed by atoms with van der Waals surface area (Å²) in [4.78, 5) is 8.12. The Morgan fingerprint density at radius 3 is 2.08 bits per heavy atom. The van der Waals surface area contributed by atoms with Crippen molar-refractivity contribution < 1.29 is 13.2 Å². The molecule has 0 amide bonds. The molecule has 7 heteroatoms. The van der Waals surface area contributed by atoms with Crippen LogP contribution < -0.4 is 10.6 Å². The fourth-order valence-electron chi connectivity index (χ4n) is 3.77. The van der Waals surface area contributed by atoms with E-state index in [0.717, 1.165) is 45.6 Å². The van der Waals surface area contributed by atoms with Crippen LogP contribution in [0.1, 0.15) is 100 Å². The largest absolute Gasteiger partial charge is 0.446 e. The highest BCUT2D eigenvalue weighted by Gasteiger charge is 2.29. The number of nitrogens with zero attached hydrogens (tertiary/aromatic N) is 1. The van der Waals surface area contributed by atoms with Gasteiger partial charge in [0, 0.05) is 21.5 Å². The molecule has 0 spiro atoms. The van der Waals surface area contributed by atoms with Crippen LogP contribution in [0.3, 0.4) is 0 Å². The molecule has 0 aliphatic rings. The zero-order valence-electron chi connectivity index (χ0n) is 23.8. The summed E-state index contributed by atoms with van der Waals surface area (Å²) in [5.41, 5.74) is 0.530. The van der Waals surface area contributed by atoms with Gasteiger partial charge in [-0.3, -0.25) is 4.99 Å². The first kappa shape index (κ1) is 35.3. The first-order chi connectivity index (χ1) is 16.9. The third-order valence-electron chi connectivity index (χ3n) is 6.21. The summed E-state index contributed by atoms with van der Waals surface area (Å²) < 4.78 is 37.4. The zero-order chi connectivity index (χ0) is 27.3. The molecule has 0 bridgehead atoms. The number of nitrogens with one attached hydrogen (secondary N) is 1. The van der Waals surface area contributed by atoms with E-state index in [4.69, 9.17) is 0 Å². The van der Waals surface area contributed by atoms with Crippen LogP contribution in [0.5, 0.6) is 0 Å². The minimum absolute atomic E-state index is 0. The molecule has 1 aromatic heterocycles. The van der Waals surface area contributed by atoms with Gasteiger partial charge in [-0.15, -0.1) is 12.4 Å². The summed E-state index contributed by atoms with van der Waals surface area (Å²) in [7, 11) is 0. The van der Waals surface area contributed by atoms with Crippen molar-refractivity contribution in [3.05, 3.63) is 40.9 Å². The summed E-state index contributed by atoms with van der Waals surface area (Å²) in [6, 6.07) is 8.45. The maximum absolute atomic E-state index is 12.5. The van der Waals surface area contributed by atoms with Gasteiger partial charge >= 0.3 is 5.51 Å². The Morgan fingerprint density at radius 1 is 0.973 bits per heavy atom. The molecule has 1 atom stereocenters. The smallest absolute Gasteiger partial charge is 0.353 e. The number of H-pyrrole nitrogens is 1. The average Bonchev–Trinajstić information content (AvgIpc) is 3.26. The Morgan fingerprint density at radius 2 is 1.59 bits per heavy atom. The number of benzene rings is 1. The van der Waals surface area contributed by atoms with Gasteiger partial charge < -0.3 is 4.98 Å². The number of unbranched alkanes of at least 4 members (excludes halogenated alkanes) is 3. The predicted molar refractivity (Wildman–Crippen MR) is 160 cm³/mol. The van der Waals surface area contributed by atoms with Crippen molar-refractivity contribution in [3.8, 4) is 11.3 Å². The van der Waals surface area contributed by atoms with Crippen LogP contribution in [0.2, 0.25) is 0 Å². The lowest BCUT2D eigenvalue weighted by Gasteiger charge is -2.06. The second kappa shape index (κ2) is 17.8. The zero-order valence-corrected chi connectivity index (χ0v) is 25.4. The van der Waals surface area contributed by atoms with Crippen molar-refractivity contribution in [2.24, 2.45) is 10.9 Å². The van der Waals surface area contributed by atoms with Crippen molar-refractivity contribution >= 4 is 41.2 Å². The van der Waals surface area contributed by atoms with E-state index < -0.39 is 5.51 Å². The molecule has 0 radical (unpaired) electrons. The molecule has 0 fully saturated rings. The van der Waals surface area contributed by atoms with E-state index in [-0.39, 0.29) is 29.1 Å². The van der Waals surface area contributed by atoms with Crippen LogP contribution in [0.4, 0.5) is 13.2 Å². The van der Waals surface area contributed by atoms with E-state index in [0.29, 0.717) is 0 Å². The van der Waals surface area contributed by atoms with Crippen molar-refractivity contribution in [2.75, 3.05) is 0 Å². The lowest BCUT2D eigenvalue weighted by atomic mass is 10.0. The molecule has 0 aliphatic carbocycles. The van der Waals surface area contributed by atoms with Crippen molar-refractivity contribution in [2.45, 2.75) is 111 Å². The summed E-state index contributed by atoms with van der Waals surface area (Å²) in [6.45, 7) is 16.9. The fourth-order valence-corrected chi connectivity index (χ4v) is 4.31. The minimum Gasteiger partial charge on any atom is -0.353 e. The van der Waals surface area contributed by atoms with Crippen molar-refractivity contribution in [1.29, 1.82) is 0 Å². The minimum atomic E-state index is -4.27. The number of hydrogen-bond acceptors (Lipinski definition) is 2. The Hall–Kier alpha value is -1.66. The Bertz CT molecular complexity index is 1070. The highest BCUT2D eigenvalue weighted by atomic mass is 35.5. The van der Waals surface area contributed by atoms with E-state index in [1.807, 2.05) is 26.8 Å². The molecule has 2 aromatic rings. The number of alkyl halides is 3. The van der Waals surface area contributed by atoms with Crippen LogP contribution in [0.25, 0.3) is 22.5 Å². The van der Waals surface area contributed by atoms with Crippen LogP contribution >= 0.6 is 24.2 Å². The van der Waals surface area contributed by atoms with Gasteiger partial charge in [0.15, 0.2) is 0 Å². The summed E-state index contributed by atoms with van der Waals surface area (Å²) >= 11 is -0.103. The van der Waals surface area contributed by atoms with Crippen LogP contribution in [-0.4, -0.2) is 16.2 Å². The van der Waals surface area contributed by atoms with Crippen molar-refractivity contribution in [3.63, 3.8) is 0 Å². The summed E-state index contributed by atoms with van der Waals surface area (Å²) in [5, 5.41) is 2.05. The standard InChI is InChI=1S/C20H23F3N2S.C10H22.ClH/c1-6-13(4)17-11-18(25-19(17)14(5)24-12(2)3)15-7-9-16(10-8-15)26-20(21,22)23;1-4-6-7-8-9-10(3)5-2;/h7-11,25H,6H2,1-5H3;10H,4-9H2,1-3H3;1H/b17-13+,19-14+;;. The van der Waals surface area contributed by atoms with Gasteiger partial charge in [0.25, 0.3) is 0 Å². The molecule has 1 aromatic carbocycles. The van der Waals surface area contributed by atoms with Gasteiger partial charge in [0.2, 0.25) is 0 Å². The van der Waals surface area contributed by atoms with Gasteiger partial charge in [-0.1, -0.05) is 83.9 Å². The van der Waals surface area contributed by atoms with Gasteiger partial charge in [0.1, 0.15) is 0 Å². The van der Waals surface area contributed by atoms with E-state index in [9.17, 15) is 13.2 Å². The number of aromatic amines is 1. The lowest BCUT2D eigenvalue weighted by Crippen LogP contribution is -2.26. The fraction of sp³-hybridized carbons (Fsp3) is 0.567. The van der Waals surface area contributed by atoms with Gasteiger partial charge in [-0.2, -0.15) is 13.2 Å². The average molecular weight is 559 g/mol. The Kier molecular flexibility index (Phi) is 17.0. The molecule has 0 aliphatic heterocycles. The molecular weight excluding hydrogens is 513 g/mol. The second-order valence-electron chi connectivity index (χ2n) is 9.68. The first-order valence-electron chi connectivity index (χ1n) is 13.2. The molecule has 1 unspecified atom stereocenters. The number of halogens is 4. The van der Waals surface area contributed by atoms with E-state index in [2.05, 4.69) is 44.6 Å². The number of aromatic nitrogens is 1. The highest BCUT2D eigenvalue weighted by Crippen LogP contribution is 2.37. The predicted octanol–water partition coefficient (Wildman–Crippen LogP) is 9.91. The molecule has 0 saturated heterocycles. The topological polar surface area (TPSA) is 28.1 Å².